The quantitative estimate of drug-likeness (QED) is 0.624. The van der Waals surface area contributed by atoms with E-state index in [1.807, 2.05) is 0 Å². The Balaban J connectivity index is 2.46. The Morgan fingerprint density at radius 1 is 1.15 bits per heavy atom. The molecule has 0 fully saturated rings. The molecular formula is C8H12N2O3. The number of hydrogen-bond acceptors (Lipinski definition) is 5. The summed E-state index contributed by atoms with van der Waals surface area (Å²) in [7, 11) is 3.16. The summed E-state index contributed by atoms with van der Waals surface area (Å²) >= 11 is 0. The first-order chi connectivity index (χ1) is 6.36. The van der Waals surface area contributed by atoms with E-state index < -0.39 is 0 Å². The molecule has 0 aliphatic heterocycles. The molecule has 0 aliphatic carbocycles. The molecule has 0 aromatic carbocycles. The van der Waals surface area contributed by atoms with E-state index in [2.05, 4.69) is 9.97 Å². The lowest BCUT2D eigenvalue weighted by Crippen LogP contribution is -2.05. The summed E-state index contributed by atoms with van der Waals surface area (Å²) in [5, 5.41) is 0. The van der Waals surface area contributed by atoms with Gasteiger partial charge in [0.25, 0.3) is 0 Å². The van der Waals surface area contributed by atoms with Crippen LogP contribution in [0.1, 0.15) is 0 Å². The molecule has 0 radical (unpaired) electrons. The smallest absolute Gasteiger partial charge is 0.220 e. The number of methoxy groups -OCH3 is 2. The highest BCUT2D eigenvalue weighted by Gasteiger charge is 1.98. The number of ether oxygens (including phenoxy) is 3. The Morgan fingerprint density at radius 3 is 2.62 bits per heavy atom. The number of hydrogen-bond donors (Lipinski definition) is 0. The zero-order valence-corrected chi connectivity index (χ0v) is 7.69. The Bertz CT molecular complexity index is 255. The molecule has 0 amide bonds. The fourth-order valence-corrected chi connectivity index (χ4v) is 0.743. The van der Waals surface area contributed by atoms with Crippen molar-refractivity contribution in [1.29, 1.82) is 0 Å². The van der Waals surface area contributed by atoms with E-state index in [9.17, 15) is 0 Å². The summed E-state index contributed by atoms with van der Waals surface area (Å²) < 4.78 is 15.0. The molecule has 1 aromatic rings. The van der Waals surface area contributed by atoms with Crippen LogP contribution in [0.3, 0.4) is 0 Å². The predicted octanol–water partition coefficient (Wildman–Crippen LogP) is 0.510. The second kappa shape index (κ2) is 5.31. The van der Waals surface area contributed by atoms with E-state index in [0.717, 1.165) is 0 Å². The summed E-state index contributed by atoms with van der Waals surface area (Å²) in [6.07, 6.45) is 1.39. The second-order valence-corrected chi connectivity index (χ2v) is 2.24. The van der Waals surface area contributed by atoms with Crippen molar-refractivity contribution >= 4 is 0 Å². The predicted molar refractivity (Wildman–Crippen MR) is 46.0 cm³/mol. The second-order valence-electron chi connectivity index (χ2n) is 2.24. The summed E-state index contributed by atoms with van der Waals surface area (Å²) in [5.74, 6) is 0.978. The molecule has 0 saturated heterocycles. The third kappa shape index (κ3) is 3.25. The molecule has 0 spiro atoms. The van der Waals surface area contributed by atoms with Gasteiger partial charge >= 0.3 is 0 Å². The lowest BCUT2D eigenvalue weighted by Gasteiger charge is -2.04. The molecule has 0 saturated carbocycles. The average molecular weight is 184 g/mol. The first-order valence-electron chi connectivity index (χ1n) is 3.84. The van der Waals surface area contributed by atoms with Crippen LogP contribution in [0.2, 0.25) is 0 Å². The SMILES string of the molecule is COCCOc1cc(OC)ncn1. The maximum absolute atomic E-state index is 5.23. The molecule has 0 atom stereocenters. The van der Waals surface area contributed by atoms with Crippen molar-refractivity contribution in [2.75, 3.05) is 27.4 Å². The fourth-order valence-electron chi connectivity index (χ4n) is 0.743. The van der Waals surface area contributed by atoms with Gasteiger partial charge in [-0.3, -0.25) is 0 Å². The van der Waals surface area contributed by atoms with Crippen LogP contribution in [0.25, 0.3) is 0 Å². The van der Waals surface area contributed by atoms with Crippen LogP contribution >= 0.6 is 0 Å². The van der Waals surface area contributed by atoms with E-state index in [4.69, 9.17) is 14.2 Å². The minimum atomic E-state index is 0.469. The van der Waals surface area contributed by atoms with Crippen LogP contribution < -0.4 is 9.47 Å². The van der Waals surface area contributed by atoms with Crippen LogP contribution in [0.5, 0.6) is 11.8 Å². The topological polar surface area (TPSA) is 53.5 Å². The van der Waals surface area contributed by atoms with Gasteiger partial charge in [0.2, 0.25) is 11.8 Å². The van der Waals surface area contributed by atoms with Gasteiger partial charge in [0.05, 0.1) is 19.8 Å². The Labute approximate surface area is 76.7 Å². The molecule has 72 valence electrons. The molecule has 1 heterocycles. The third-order valence-electron chi connectivity index (χ3n) is 1.36. The summed E-state index contributed by atoms with van der Waals surface area (Å²) in [4.78, 5) is 7.73. The lowest BCUT2D eigenvalue weighted by atomic mass is 10.6. The first kappa shape index (κ1) is 9.73. The van der Waals surface area contributed by atoms with E-state index in [-0.39, 0.29) is 0 Å². The van der Waals surface area contributed by atoms with Gasteiger partial charge < -0.3 is 14.2 Å². The van der Waals surface area contributed by atoms with Crippen molar-refractivity contribution in [3.05, 3.63) is 12.4 Å². The van der Waals surface area contributed by atoms with Crippen molar-refractivity contribution in [2.24, 2.45) is 0 Å². The summed E-state index contributed by atoms with van der Waals surface area (Å²) in [6.45, 7) is 1.00. The summed E-state index contributed by atoms with van der Waals surface area (Å²) in [6, 6.07) is 1.62. The van der Waals surface area contributed by atoms with Gasteiger partial charge in [0, 0.05) is 7.11 Å². The van der Waals surface area contributed by atoms with Gasteiger partial charge in [0.1, 0.15) is 12.9 Å². The van der Waals surface area contributed by atoms with E-state index in [1.54, 1.807) is 20.3 Å². The highest BCUT2D eigenvalue weighted by molar-refractivity contribution is 5.17. The Hall–Kier alpha value is -1.36. The molecule has 1 rings (SSSR count). The summed E-state index contributed by atoms with van der Waals surface area (Å²) in [5.41, 5.74) is 0. The molecule has 0 bridgehead atoms. The molecule has 0 N–H and O–H groups in total. The van der Waals surface area contributed by atoms with E-state index >= 15 is 0 Å². The zero-order chi connectivity index (χ0) is 9.52. The van der Waals surface area contributed by atoms with Crippen molar-refractivity contribution in [3.8, 4) is 11.8 Å². The maximum Gasteiger partial charge on any atom is 0.220 e. The van der Waals surface area contributed by atoms with Crippen LogP contribution in [-0.4, -0.2) is 37.4 Å². The largest absolute Gasteiger partial charge is 0.481 e. The van der Waals surface area contributed by atoms with Gasteiger partial charge in [-0.05, 0) is 0 Å². The molecular weight excluding hydrogens is 172 g/mol. The maximum atomic E-state index is 5.23. The zero-order valence-electron chi connectivity index (χ0n) is 7.69. The van der Waals surface area contributed by atoms with Crippen molar-refractivity contribution < 1.29 is 14.2 Å². The van der Waals surface area contributed by atoms with Gasteiger partial charge in [-0.15, -0.1) is 0 Å². The van der Waals surface area contributed by atoms with E-state index in [0.29, 0.717) is 25.0 Å². The standard InChI is InChI=1S/C8H12N2O3/c1-11-3-4-13-8-5-7(12-2)9-6-10-8/h5-6H,3-4H2,1-2H3. The normalized spacial score (nSPS) is 9.69. The highest BCUT2D eigenvalue weighted by atomic mass is 16.5. The highest BCUT2D eigenvalue weighted by Crippen LogP contribution is 2.11. The van der Waals surface area contributed by atoms with Gasteiger partial charge in [-0.1, -0.05) is 0 Å². The van der Waals surface area contributed by atoms with Gasteiger partial charge in [-0.2, -0.15) is 0 Å². The molecule has 1 aromatic heterocycles. The molecule has 0 aliphatic rings. The molecule has 13 heavy (non-hydrogen) atoms. The van der Waals surface area contributed by atoms with Crippen molar-refractivity contribution in [3.63, 3.8) is 0 Å². The Kier molecular flexibility index (Phi) is 3.98. The van der Waals surface area contributed by atoms with Crippen molar-refractivity contribution in [1.82, 2.24) is 9.97 Å². The first-order valence-corrected chi connectivity index (χ1v) is 3.84. The molecule has 0 unspecified atom stereocenters. The van der Waals surface area contributed by atoms with Crippen LogP contribution in [0, 0.1) is 0 Å². The van der Waals surface area contributed by atoms with Gasteiger partial charge in [0.15, 0.2) is 0 Å². The lowest BCUT2D eigenvalue weighted by molar-refractivity contribution is 0.143. The minimum absolute atomic E-state index is 0.469. The van der Waals surface area contributed by atoms with E-state index in [1.165, 1.54) is 6.33 Å². The van der Waals surface area contributed by atoms with Crippen LogP contribution in [0.4, 0.5) is 0 Å². The number of nitrogens with zero attached hydrogens (tertiary/aromatic N) is 2. The molecule has 5 heteroatoms. The third-order valence-corrected chi connectivity index (χ3v) is 1.36. The Morgan fingerprint density at radius 2 is 1.92 bits per heavy atom. The monoisotopic (exact) mass is 184 g/mol. The van der Waals surface area contributed by atoms with Crippen LogP contribution in [0.15, 0.2) is 12.4 Å². The van der Waals surface area contributed by atoms with Crippen molar-refractivity contribution in [2.45, 2.75) is 0 Å². The van der Waals surface area contributed by atoms with Gasteiger partial charge in [-0.25, -0.2) is 9.97 Å². The minimum Gasteiger partial charge on any atom is -0.481 e. The fraction of sp³-hybridized carbons (Fsp3) is 0.500. The number of rotatable bonds is 5. The average Bonchev–Trinajstić information content (AvgIpc) is 2.19. The number of aromatic nitrogens is 2. The van der Waals surface area contributed by atoms with Crippen LogP contribution in [-0.2, 0) is 4.74 Å². The molecule has 5 nitrogen and oxygen atoms in total.